The Bertz CT molecular complexity index is 1330. The molecule has 4 aromatic rings. The quantitative estimate of drug-likeness (QED) is 0.387. The maximum Gasteiger partial charge on any atom is 0.330 e. The SMILES string of the molecule is CCCC(CC(=O)OCC)n1c(=O)n(Cc2cn(C)c3cccc(C)c23)c2cccnc21. The fraction of sp³-hybridized carbons (Fsp3) is 0.400. The molecule has 0 saturated carbocycles. The maximum atomic E-state index is 13.7. The predicted octanol–water partition coefficient (Wildman–Crippen LogP) is 4.34. The number of imidazole rings is 1. The van der Waals surface area contributed by atoms with Crippen LogP contribution < -0.4 is 5.69 Å². The number of hydrogen-bond acceptors (Lipinski definition) is 4. The summed E-state index contributed by atoms with van der Waals surface area (Å²) in [6.07, 6.45) is 5.48. The molecule has 0 saturated heterocycles. The second-order valence-electron chi connectivity index (χ2n) is 8.27. The van der Waals surface area contributed by atoms with Crippen molar-refractivity contribution in [2.45, 2.75) is 52.6 Å². The van der Waals surface area contributed by atoms with Crippen molar-refractivity contribution in [2.75, 3.05) is 6.61 Å². The molecule has 0 amide bonds. The average molecular weight is 435 g/mol. The van der Waals surface area contributed by atoms with E-state index in [4.69, 9.17) is 4.74 Å². The zero-order valence-electron chi connectivity index (χ0n) is 19.2. The van der Waals surface area contributed by atoms with E-state index in [1.54, 1.807) is 22.3 Å². The van der Waals surface area contributed by atoms with Crippen LogP contribution in [0.15, 0.2) is 47.5 Å². The highest BCUT2D eigenvalue weighted by Gasteiger charge is 2.24. The van der Waals surface area contributed by atoms with Crippen LogP contribution in [0.25, 0.3) is 22.1 Å². The second kappa shape index (κ2) is 9.02. The Balaban J connectivity index is 1.85. The number of aryl methyl sites for hydroxylation is 2. The molecule has 3 aromatic heterocycles. The third kappa shape index (κ3) is 3.83. The summed E-state index contributed by atoms with van der Waals surface area (Å²) < 4.78 is 10.7. The van der Waals surface area contributed by atoms with Crippen LogP contribution in [0.3, 0.4) is 0 Å². The van der Waals surface area contributed by atoms with Crippen molar-refractivity contribution >= 4 is 28.0 Å². The van der Waals surface area contributed by atoms with Crippen LogP contribution in [0.1, 0.15) is 50.3 Å². The molecule has 0 spiro atoms. The highest BCUT2D eigenvalue weighted by molar-refractivity contribution is 5.87. The van der Waals surface area contributed by atoms with E-state index in [0.29, 0.717) is 25.2 Å². The Morgan fingerprint density at radius 3 is 2.69 bits per heavy atom. The molecular weight excluding hydrogens is 404 g/mol. The van der Waals surface area contributed by atoms with Crippen molar-refractivity contribution in [3.8, 4) is 0 Å². The van der Waals surface area contributed by atoms with Gasteiger partial charge in [0.1, 0.15) is 0 Å². The van der Waals surface area contributed by atoms with E-state index in [2.05, 4.69) is 41.7 Å². The van der Waals surface area contributed by atoms with Gasteiger partial charge in [0.15, 0.2) is 5.65 Å². The largest absolute Gasteiger partial charge is 0.466 e. The first kappa shape index (κ1) is 21.9. The highest BCUT2D eigenvalue weighted by Crippen LogP contribution is 2.27. The zero-order valence-corrected chi connectivity index (χ0v) is 19.2. The summed E-state index contributed by atoms with van der Waals surface area (Å²) in [5.74, 6) is -0.292. The molecule has 0 N–H and O–H groups in total. The predicted molar refractivity (Wildman–Crippen MR) is 126 cm³/mol. The van der Waals surface area contributed by atoms with E-state index < -0.39 is 0 Å². The van der Waals surface area contributed by atoms with Gasteiger partial charge in [0.25, 0.3) is 0 Å². The van der Waals surface area contributed by atoms with Gasteiger partial charge in [0, 0.05) is 30.3 Å². The van der Waals surface area contributed by atoms with Gasteiger partial charge in [-0.15, -0.1) is 0 Å². The molecule has 4 rings (SSSR count). The Morgan fingerprint density at radius 2 is 1.94 bits per heavy atom. The van der Waals surface area contributed by atoms with E-state index in [9.17, 15) is 9.59 Å². The number of fused-ring (bicyclic) bond motifs is 2. The lowest BCUT2D eigenvalue weighted by molar-refractivity contribution is -0.144. The molecule has 0 aliphatic heterocycles. The van der Waals surface area contributed by atoms with Gasteiger partial charge in [-0.25, -0.2) is 9.78 Å². The van der Waals surface area contributed by atoms with E-state index in [1.165, 1.54) is 10.9 Å². The summed E-state index contributed by atoms with van der Waals surface area (Å²) in [4.78, 5) is 30.5. The standard InChI is InChI=1S/C25H30N4O3/c1-5-9-19(14-22(30)32-6-2)29-24-21(12-8-13-26-24)28(25(29)31)16-18-15-27(4)20-11-7-10-17(3)23(18)20/h7-8,10-13,15,19H,5-6,9,14,16H2,1-4H3. The van der Waals surface area contributed by atoms with Gasteiger partial charge in [0.2, 0.25) is 0 Å². The minimum Gasteiger partial charge on any atom is -0.466 e. The summed E-state index contributed by atoms with van der Waals surface area (Å²) in [5.41, 5.74) is 4.64. The van der Waals surface area contributed by atoms with Gasteiger partial charge in [0.05, 0.1) is 31.1 Å². The lowest BCUT2D eigenvalue weighted by Crippen LogP contribution is -2.29. The fourth-order valence-electron chi connectivity index (χ4n) is 4.68. The fourth-order valence-corrected chi connectivity index (χ4v) is 4.68. The monoisotopic (exact) mass is 434 g/mol. The van der Waals surface area contributed by atoms with Crippen molar-refractivity contribution in [3.63, 3.8) is 0 Å². The number of aromatic nitrogens is 4. The molecule has 32 heavy (non-hydrogen) atoms. The number of esters is 1. The lowest BCUT2D eigenvalue weighted by Gasteiger charge is -2.16. The molecule has 3 heterocycles. The van der Waals surface area contributed by atoms with Crippen molar-refractivity contribution < 1.29 is 9.53 Å². The van der Waals surface area contributed by atoms with E-state index in [-0.39, 0.29) is 24.1 Å². The van der Waals surface area contributed by atoms with Gasteiger partial charge in [-0.3, -0.25) is 13.9 Å². The minimum atomic E-state index is -0.292. The Labute approximate surface area is 187 Å². The van der Waals surface area contributed by atoms with E-state index in [0.717, 1.165) is 23.0 Å². The molecule has 0 fully saturated rings. The third-order valence-corrected chi connectivity index (χ3v) is 6.05. The van der Waals surface area contributed by atoms with Crippen LogP contribution in [0.2, 0.25) is 0 Å². The number of carbonyl (C=O) groups is 1. The Hall–Kier alpha value is -3.35. The number of hydrogen-bond donors (Lipinski definition) is 0. The zero-order chi connectivity index (χ0) is 22.8. The normalized spacial score (nSPS) is 12.5. The highest BCUT2D eigenvalue weighted by atomic mass is 16.5. The van der Waals surface area contributed by atoms with Crippen molar-refractivity contribution in [2.24, 2.45) is 7.05 Å². The molecule has 1 atom stereocenters. The minimum absolute atomic E-state index is 0.146. The van der Waals surface area contributed by atoms with Crippen LogP contribution in [0.5, 0.6) is 0 Å². The molecule has 0 aliphatic carbocycles. The summed E-state index contributed by atoms with van der Waals surface area (Å²) in [5, 5.41) is 1.17. The van der Waals surface area contributed by atoms with Crippen molar-refractivity contribution in [1.29, 1.82) is 0 Å². The van der Waals surface area contributed by atoms with Crippen LogP contribution >= 0.6 is 0 Å². The van der Waals surface area contributed by atoms with Gasteiger partial charge < -0.3 is 9.30 Å². The molecular formula is C25H30N4O3. The molecule has 168 valence electrons. The number of benzene rings is 1. The van der Waals surface area contributed by atoms with Crippen LogP contribution in [0.4, 0.5) is 0 Å². The molecule has 0 radical (unpaired) electrons. The molecule has 7 nitrogen and oxygen atoms in total. The van der Waals surface area contributed by atoms with Crippen LogP contribution in [0, 0.1) is 6.92 Å². The second-order valence-corrected chi connectivity index (χ2v) is 8.27. The van der Waals surface area contributed by atoms with Gasteiger partial charge in [-0.2, -0.15) is 0 Å². The average Bonchev–Trinajstić information content (AvgIpc) is 3.23. The third-order valence-electron chi connectivity index (χ3n) is 6.05. The molecule has 1 unspecified atom stereocenters. The summed E-state index contributed by atoms with van der Waals surface area (Å²) in [6.45, 7) is 6.70. The summed E-state index contributed by atoms with van der Waals surface area (Å²) in [7, 11) is 2.02. The molecule has 1 aromatic carbocycles. The maximum absolute atomic E-state index is 13.7. The Morgan fingerprint density at radius 1 is 1.16 bits per heavy atom. The first-order valence-electron chi connectivity index (χ1n) is 11.2. The molecule has 7 heteroatoms. The van der Waals surface area contributed by atoms with Crippen LogP contribution in [-0.4, -0.2) is 31.3 Å². The van der Waals surface area contributed by atoms with Crippen molar-refractivity contribution in [1.82, 2.24) is 18.7 Å². The molecule has 0 bridgehead atoms. The smallest absolute Gasteiger partial charge is 0.330 e. The van der Waals surface area contributed by atoms with Gasteiger partial charge >= 0.3 is 11.7 Å². The Kier molecular flexibility index (Phi) is 6.17. The topological polar surface area (TPSA) is 71.0 Å². The van der Waals surface area contributed by atoms with Gasteiger partial charge in [-0.05, 0) is 49.6 Å². The number of carbonyl (C=O) groups excluding carboxylic acids is 1. The number of pyridine rings is 1. The van der Waals surface area contributed by atoms with E-state index in [1.807, 2.05) is 25.2 Å². The number of rotatable bonds is 8. The first-order chi connectivity index (χ1) is 15.5. The van der Waals surface area contributed by atoms with Crippen molar-refractivity contribution in [3.05, 3.63) is 64.3 Å². The van der Waals surface area contributed by atoms with Gasteiger partial charge in [-0.1, -0.05) is 25.5 Å². The van der Waals surface area contributed by atoms with Crippen LogP contribution in [-0.2, 0) is 23.1 Å². The first-order valence-corrected chi connectivity index (χ1v) is 11.2. The van der Waals surface area contributed by atoms with E-state index >= 15 is 0 Å². The summed E-state index contributed by atoms with van der Waals surface area (Å²) >= 11 is 0. The number of nitrogens with zero attached hydrogens (tertiary/aromatic N) is 4. The lowest BCUT2D eigenvalue weighted by atomic mass is 10.1. The number of ether oxygens (including phenoxy) is 1. The summed E-state index contributed by atoms with van der Waals surface area (Å²) in [6, 6.07) is 9.71. The molecule has 0 aliphatic rings.